The molecule has 7 heteroatoms. The van der Waals surface area contributed by atoms with Gasteiger partial charge in [-0.05, 0) is 6.07 Å². The molecule has 0 spiro atoms. The third-order valence-corrected chi connectivity index (χ3v) is 3.64. The van der Waals surface area contributed by atoms with Gasteiger partial charge in [0.25, 0.3) is 0 Å². The van der Waals surface area contributed by atoms with E-state index in [1.807, 2.05) is 12.1 Å². The van der Waals surface area contributed by atoms with Gasteiger partial charge in [0.1, 0.15) is 5.75 Å². The Kier molecular flexibility index (Phi) is 5.21. The summed E-state index contributed by atoms with van der Waals surface area (Å²) in [6.45, 7) is 3.63. The van der Waals surface area contributed by atoms with Crippen LogP contribution in [-0.4, -0.2) is 57.4 Å². The van der Waals surface area contributed by atoms with E-state index in [1.165, 1.54) is 0 Å². The van der Waals surface area contributed by atoms with Crippen LogP contribution in [0.25, 0.3) is 0 Å². The SMILES string of the molecule is COc1cc(OC)c(OC)cc1CN1CCN(N=O)CC1. The summed E-state index contributed by atoms with van der Waals surface area (Å²) in [5.74, 6) is 2.10. The standard InChI is InChI=1S/C14H21N3O4/c1-19-12-9-14(21-3)13(20-2)8-11(12)10-16-4-6-17(15-18)7-5-16/h8-9H,4-7,10H2,1-3H3. The Morgan fingerprint density at radius 2 is 1.52 bits per heavy atom. The van der Waals surface area contributed by atoms with Gasteiger partial charge in [0.2, 0.25) is 0 Å². The van der Waals surface area contributed by atoms with Crippen LogP contribution in [0.5, 0.6) is 17.2 Å². The molecule has 1 aliphatic rings. The van der Waals surface area contributed by atoms with Crippen molar-refractivity contribution in [3.05, 3.63) is 22.6 Å². The summed E-state index contributed by atoms with van der Waals surface area (Å²) in [5, 5.41) is 4.51. The van der Waals surface area contributed by atoms with E-state index in [4.69, 9.17) is 14.2 Å². The minimum absolute atomic E-state index is 0.646. The maximum Gasteiger partial charge on any atom is 0.164 e. The third-order valence-electron chi connectivity index (χ3n) is 3.64. The fourth-order valence-corrected chi connectivity index (χ4v) is 2.43. The van der Waals surface area contributed by atoms with Crippen molar-refractivity contribution >= 4 is 0 Å². The zero-order valence-corrected chi connectivity index (χ0v) is 12.7. The molecule has 0 amide bonds. The normalized spacial score (nSPS) is 15.7. The predicted molar refractivity (Wildman–Crippen MR) is 78.7 cm³/mol. The van der Waals surface area contributed by atoms with Crippen molar-refractivity contribution in [2.45, 2.75) is 6.54 Å². The van der Waals surface area contributed by atoms with Crippen LogP contribution in [0, 0.1) is 4.91 Å². The van der Waals surface area contributed by atoms with Crippen molar-refractivity contribution < 1.29 is 14.2 Å². The molecule has 0 N–H and O–H groups in total. The van der Waals surface area contributed by atoms with E-state index in [0.29, 0.717) is 24.6 Å². The number of rotatable bonds is 6. The van der Waals surface area contributed by atoms with Gasteiger partial charge >= 0.3 is 0 Å². The lowest BCUT2D eigenvalue weighted by molar-refractivity contribution is 0.128. The molecule has 0 atom stereocenters. The van der Waals surface area contributed by atoms with Gasteiger partial charge in [-0.1, -0.05) is 0 Å². The van der Waals surface area contributed by atoms with Gasteiger partial charge in [0.15, 0.2) is 11.5 Å². The highest BCUT2D eigenvalue weighted by Gasteiger charge is 2.19. The molecule has 1 aromatic rings. The molecule has 1 heterocycles. The second-order valence-electron chi connectivity index (χ2n) is 4.83. The highest BCUT2D eigenvalue weighted by atomic mass is 16.5. The summed E-state index contributed by atoms with van der Waals surface area (Å²) in [6.07, 6.45) is 0. The summed E-state index contributed by atoms with van der Waals surface area (Å²) in [4.78, 5) is 12.7. The van der Waals surface area contributed by atoms with E-state index >= 15 is 0 Å². The van der Waals surface area contributed by atoms with Crippen molar-refractivity contribution in [3.63, 3.8) is 0 Å². The van der Waals surface area contributed by atoms with Gasteiger partial charge in [-0.25, -0.2) is 0 Å². The Morgan fingerprint density at radius 3 is 2.05 bits per heavy atom. The smallest absolute Gasteiger partial charge is 0.164 e. The van der Waals surface area contributed by atoms with Gasteiger partial charge in [-0.15, -0.1) is 4.91 Å². The van der Waals surface area contributed by atoms with Gasteiger partial charge in [-0.3, -0.25) is 9.91 Å². The summed E-state index contributed by atoms with van der Waals surface area (Å²) >= 11 is 0. The highest BCUT2D eigenvalue weighted by molar-refractivity contribution is 5.50. The molecule has 0 radical (unpaired) electrons. The first kappa shape index (κ1) is 15.4. The molecule has 0 aromatic heterocycles. The molecule has 0 aliphatic carbocycles. The molecule has 1 saturated heterocycles. The average molecular weight is 295 g/mol. The predicted octanol–water partition coefficient (Wildman–Crippen LogP) is 1.51. The number of hydrogen-bond acceptors (Lipinski definition) is 6. The molecule has 2 rings (SSSR count). The monoisotopic (exact) mass is 295 g/mol. The Bertz CT molecular complexity index is 487. The number of nitrogens with zero attached hydrogens (tertiary/aromatic N) is 3. The van der Waals surface area contributed by atoms with Crippen LogP contribution in [0.15, 0.2) is 17.4 Å². The third kappa shape index (κ3) is 3.55. The molecule has 0 bridgehead atoms. The van der Waals surface area contributed by atoms with Gasteiger partial charge in [-0.2, -0.15) is 0 Å². The van der Waals surface area contributed by atoms with Crippen LogP contribution < -0.4 is 14.2 Å². The van der Waals surface area contributed by atoms with Crippen molar-refractivity contribution in [1.82, 2.24) is 9.91 Å². The van der Waals surface area contributed by atoms with E-state index in [9.17, 15) is 4.91 Å². The number of ether oxygens (including phenoxy) is 3. The number of benzene rings is 1. The lowest BCUT2D eigenvalue weighted by atomic mass is 10.1. The Morgan fingerprint density at radius 1 is 0.952 bits per heavy atom. The van der Waals surface area contributed by atoms with E-state index in [0.717, 1.165) is 30.9 Å². The van der Waals surface area contributed by atoms with Crippen molar-refractivity contribution in [3.8, 4) is 17.2 Å². The van der Waals surface area contributed by atoms with Crippen LogP contribution in [0.2, 0.25) is 0 Å². The fraction of sp³-hybridized carbons (Fsp3) is 0.571. The molecule has 7 nitrogen and oxygen atoms in total. The topological polar surface area (TPSA) is 63.6 Å². The highest BCUT2D eigenvalue weighted by Crippen LogP contribution is 2.35. The van der Waals surface area contributed by atoms with Crippen molar-refractivity contribution in [2.24, 2.45) is 5.29 Å². The molecular formula is C14H21N3O4. The van der Waals surface area contributed by atoms with E-state index < -0.39 is 0 Å². The van der Waals surface area contributed by atoms with Crippen molar-refractivity contribution in [2.75, 3.05) is 47.5 Å². The van der Waals surface area contributed by atoms with Gasteiger partial charge < -0.3 is 14.2 Å². The number of nitroso groups, excluding NO2 is 1. The first-order chi connectivity index (χ1) is 10.2. The Balaban J connectivity index is 2.13. The lowest BCUT2D eigenvalue weighted by Crippen LogP contribution is -2.43. The van der Waals surface area contributed by atoms with Crippen LogP contribution in [0.4, 0.5) is 0 Å². The molecule has 21 heavy (non-hydrogen) atoms. The van der Waals surface area contributed by atoms with Crippen LogP contribution in [0.3, 0.4) is 0 Å². The minimum atomic E-state index is 0.646. The maximum absolute atomic E-state index is 10.5. The van der Waals surface area contributed by atoms with E-state index in [2.05, 4.69) is 10.2 Å². The Labute approximate surface area is 124 Å². The molecule has 0 unspecified atom stereocenters. The van der Waals surface area contributed by atoms with Crippen LogP contribution in [-0.2, 0) is 6.54 Å². The van der Waals surface area contributed by atoms with E-state index in [1.54, 1.807) is 26.3 Å². The van der Waals surface area contributed by atoms with Gasteiger partial charge in [0.05, 0.1) is 39.7 Å². The molecule has 0 saturated carbocycles. The quantitative estimate of drug-likeness (QED) is 0.741. The second-order valence-corrected chi connectivity index (χ2v) is 4.83. The minimum Gasteiger partial charge on any atom is -0.496 e. The molecule has 116 valence electrons. The summed E-state index contributed by atoms with van der Waals surface area (Å²) in [5.41, 5.74) is 1.03. The average Bonchev–Trinajstić information content (AvgIpc) is 2.55. The number of hydrogen-bond donors (Lipinski definition) is 0. The van der Waals surface area contributed by atoms with E-state index in [-0.39, 0.29) is 0 Å². The maximum atomic E-state index is 10.5. The van der Waals surface area contributed by atoms with Gasteiger partial charge in [0, 0.05) is 31.3 Å². The fourth-order valence-electron chi connectivity index (χ4n) is 2.43. The van der Waals surface area contributed by atoms with Crippen LogP contribution >= 0.6 is 0 Å². The lowest BCUT2D eigenvalue weighted by Gasteiger charge is -2.31. The summed E-state index contributed by atoms with van der Waals surface area (Å²) < 4.78 is 16.0. The molecule has 1 aliphatic heterocycles. The van der Waals surface area contributed by atoms with Crippen LogP contribution in [0.1, 0.15) is 5.56 Å². The molecule has 1 fully saturated rings. The summed E-state index contributed by atoms with van der Waals surface area (Å²) in [7, 11) is 4.85. The second kappa shape index (κ2) is 7.12. The number of methoxy groups -OCH3 is 3. The Hall–Kier alpha value is -2.02. The van der Waals surface area contributed by atoms with Crippen molar-refractivity contribution in [1.29, 1.82) is 0 Å². The molecular weight excluding hydrogens is 274 g/mol. The largest absolute Gasteiger partial charge is 0.496 e. The summed E-state index contributed by atoms with van der Waals surface area (Å²) in [6, 6.07) is 3.76. The number of piperazine rings is 1. The zero-order valence-electron chi connectivity index (χ0n) is 12.7. The zero-order chi connectivity index (χ0) is 15.2. The first-order valence-electron chi connectivity index (χ1n) is 6.81. The molecule has 1 aromatic carbocycles. The first-order valence-corrected chi connectivity index (χ1v) is 6.81.